The number of amides is 1. The van der Waals surface area contributed by atoms with Gasteiger partial charge < -0.3 is 10.1 Å². The molecule has 2 atom stereocenters. The van der Waals surface area contributed by atoms with E-state index >= 15 is 0 Å². The molecule has 1 unspecified atom stereocenters. The van der Waals surface area contributed by atoms with Crippen molar-refractivity contribution in [3.63, 3.8) is 0 Å². The molecule has 6 nitrogen and oxygen atoms in total. The van der Waals surface area contributed by atoms with Gasteiger partial charge in [-0.15, -0.1) is 0 Å². The summed E-state index contributed by atoms with van der Waals surface area (Å²) in [5, 5.41) is -1.70. The van der Waals surface area contributed by atoms with Crippen molar-refractivity contribution in [3.05, 3.63) is 76.9 Å². The number of halogens is 3. The maximum Gasteiger partial charge on any atom is 0.425 e. The van der Waals surface area contributed by atoms with Gasteiger partial charge in [0.1, 0.15) is 11.9 Å². The van der Waals surface area contributed by atoms with E-state index < -0.39 is 51.5 Å². The first-order valence-electron chi connectivity index (χ1n) is 9.57. The Morgan fingerprint density at radius 2 is 1.66 bits per heavy atom. The molecule has 1 aliphatic rings. The van der Waals surface area contributed by atoms with Crippen molar-refractivity contribution >= 4 is 27.1 Å². The van der Waals surface area contributed by atoms with Gasteiger partial charge in [0.25, 0.3) is 9.84 Å². The van der Waals surface area contributed by atoms with Gasteiger partial charge in [-0.1, -0.05) is 60.7 Å². The molecule has 0 fully saturated rings. The maximum absolute atomic E-state index is 14.1. The van der Waals surface area contributed by atoms with Crippen LogP contribution in [0.3, 0.4) is 0 Å². The number of carbonyl (C=O) groups is 2. The lowest BCUT2D eigenvalue weighted by Gasteiger charge is -2.34. The van der Waals surface area contributed by atoms with E-state index in [0.29, 0.717) is 5.56 Å². The Kier molecular flexibility index (Phi) is 6.73. The van der Waals surface area contributed by atoms with E-state index in [4.69, 9.17) is 4.74 Å². The van der Waals surface area contributed by atoms with Crippen molar-refractivity contribution in [2.75, 3.05) is 6.54 Å². The zero-order chi connectivity index (χ0) is 23.5. The number of alkyl halides is 3. The second-order valence-electron chi connectivity index (χ2n) is 7.27. The van der Waals surface area contributed by atoms with Gasteiger partial charge in [-0.25, -0.2) is 13.2 Å². The second-order valence-corrected chi connectivity index (χ2v) is 9.20. The Morgan fingerprint density at radius 1 is 1.03 bits per heavy atom. The Labute approximate surface area is 183 Å². The van der Waals surface area contributed by atoms with Crippen molar-refractivity contribution < 1.29 is 35.9 Å². The number of nitrogens with one attached hydrogen (secondary N) is 1. The second kappa shape index (κ2) is 9.15. The molecule has 0 aliphatic heterocycles. The van der Waals surface area contributed by atoms with Gasteiger partial charge in [-0.2, -0.15) is 13.2 Å². The van der Waals surface area contributed by atoms with Crippen molar-refractivity contribution in [1.29, 1.82) is 0 Å². The van der Waals surface area contributed by atoms with E-state index in [1.807, 2.05) is 0 Å². The average molecular weight is 467 g/mol. The standard InChI is InChI=1S/C22H20F3NO5S/c1-14(27)26-12-17-11-16-9-5-6-10-18(16)20(19(17)22(23,24)25)32(29,30)21(28)31-13-15-7-3-2-4-8-15/h2-11,19-20H,12-13H2,1H3,(H,26,27)/t19-,20?/m1/s1. The third-order valence-corrected chi connectivity index (χ3v) is 6.78. The molecule has 0 bridgehead atoms. The van der Waals surface area contributed by atoms with Crippen molar-refractivity contribution in [2.45, 2.75) is 25.0 Å². The monoisotopic (exact) mass is 467 g/mol. The molecule has 2 aromatic rings. The molecule has 0 spiro atoms. The maximum atomic E-state index is 14.1. The van der Waals surface area contributed by atoms with Gasteiger partial charge >= 0.3 is 11.5 Å². The van der Waals surface area contributed by atoms with E-state index in [2.05, 4.69) is 5.32 Å². The number of ether oxygens (including phenoxy) is 1. The number of rotatable bonds is 5. The molecule has 32 heavy (non-hydrogen) atoms. The number of carbonyl (C=O) groups excluding carboxylic acids is 2. The fourth-order valence-corrected chi connectivity index (χ4v) is 5.25. The number of benzene rings is 2. The van der Waals surface area contributed by atoms with E-state index in [0.717, 1.165) is 6.92 Å². The molecule has 0 heterocycles. The third-order valence-electron chi connectivity index (χ3n) is 5.01. The summed E-state index contributed by atoms with van der Waals surface area (Å²) in [6, 6.07) is 13.8. The minimum Gasteiger partial charge on any atom is -0.449 e. The molecule has 3 rings (SSSR count). The molecular weight excluding hydrogens is 447 g/mol. The molecule has 10 heteroatoms. The largest absolute Gasteiger partial charge is 0.449 e. The smallest absolute Gasteiger partial charge is 0.425 e. The Morgan fingerprint density at radius 3 is 2.28 bits per heavy atom. The fraction of sp³-hybridized carbons (Fsp3) is 0.273. The number of hydrogen-bond donors (Lipinski definition) is 1. The van der Waals surface area contributed by atoms with Gasteiger partial charge in [0, 0.05) is 13.5 Å². The first kappa shape index (κ1) is 23.5. The highest BCUT2D eigenvalue weighted by Gasteiger charge is 2.56. The average Bonchev–Trinajstić information content (AvgIpc) is 2.74. The summed E-state index contributed by atoms with van der Waals surface area (Å²) in [4.78, 5) is 23.8. The first-order chi connectivity index (χ1) is 15.0. The lowest BCUT2D eigenvalue weighted by Crippen LogP contribution is -2.42. The van der Waals surface area contributed by atoms with Crippen LogP contribution in [-0.4, -0.2) is 32.3 Å². The molecule has 1 aliphatic carbocycles. The first-order valence-corrected chi connectivity index (χ1v) is 11.1. The predicted molar refractivity (Wildman–Crippen MR) is 111 cm³/mol. The zero-order valence-corrected chi connectivity index (χ0v) is 17.7. The van der Waals surface area contributed by atoms with Gasteiger partial charge in [0.15, 0.2) is 0 Å². The molecule has 1 N–H and O–H groups in total. The van der Waals surface area contributed by atoms with Crippen LogP contribution in [0.1, 0.15) is 28.9 Å². The summed E-state index contributed by atoms with van der Waals surface area (Å²) in [6.45, 7) is 0.215. The number of fused-ring (bicyclic) bond motifs is 1. The van der Waals surface area contributed by atoms with E-state index in [-0.39, 0.29) is 16.7 Å². The summed E-state index contributed by atoms with van der Waals surface area (Å²) in [6.07, 6.45) is -3.81. The third kappa shape index (κ3) is 5.01. The van der Waals surface area contributed by atoms with Gasteiger partial charge in [-0.3, -0.25) is 4.79 Å². The van der Waals surface area contributed by atoms with Crippen LogP contribution in [0, 0.1) is 5.92 Å². The SMILES string of the molecule is CC(=O)NCC1=Cc2ccccc2C(S(=O)(=O)C(=O)OCc2ccccc2)[C@@H]1C(F)(F)F. The number of sulfone groups is 1. The topological polar surface area (TPSA) is 89.5 Å². The Hall–Kier alpha value is -3.14. The minimum absolute atomic E-state index is 0.155. The molecule has 1 amide bonds. The Balaban J connectivity index is 2.03. The summed E-state index contributed by atoms with van der Waals surface area (Å²) in [5.74, 6) is -3.11. The zero-order valence-electron chi connectivity index (χ0n) is 16.9. The van der Waals surface area contributed by atoms with E-state index in [1.54, 1.807) is 30.3 Å². The summed E-state index contributed by atoms with van der Waals surface area (Å²) < 4.78 is 73.5. The highest BCUT2D eigenvalue weighted by atomic mass is 32.2. The summed E-state index contributed by atoms with van der Waals surface area (Å²) >= 11 is 0. The van der Waals surface area contributed by atoms with Crippen LogP contribution >= 0.6 is 0 Å². The van der Waals surface area contributed by atoms with Gasteiger partial charge in [-0.05, 0) is 22.3 Å². The van der Waals surface area contributed by atoms with Crippen LogP contribution in [0.4, 0.5) is 18.0 Å². The molecule has 0 saturated heterocycles. The summed E-state index contributed by atoms with van der Waals surface area (Å²) in [5.41, 5.74) is 0.186. The molecule has 0 saturated carbocycles. The van der Waals surface area contributed by atoms with Crippen molar-refractivity contribution in [1.82, 2.24) is 5.32 Å². The van der Waals surface area contributed by atoms with Crippen LogP contribution in [0.25, 0.3) is 6.08 Å². The quantitative estimate of drug-likeness (QED) is 0.666. The lowest BCUT2D eigenvalue weighted by molar-refractivity contribution is -0.165. The molecule has 2 aromatic carbocycles. The minimum atomic E-state index is -5.08. The van der Waals surface area contributed by atoms with E-state index in [9.17, 15) is 31.2 Å². The highest BCUT2D eigenvalue weighted by Crippen LogP contribution is 2.49. The normalized spacial score (nSPS) is 18.3. The fourth-order valence-electron chi connectivity index (χ4n) is 3.58. The van der Waals surface area contributed by atoms with Crippen LogP contribution in [0.2, 0.25) is 0 Å². The Bertz CT molecular complexity index is 1140. The molecule has 0 radical (unpaired) electrons. The van der Waals surface area contributed by atoms with Crippen molar-refractivity contribution in [3.8, 4) is 0 Å². The molecular formula is C22H20F3NO5S. The number of hydrogen-bond acceptors (Lipinski definition) is 5. The van der Waals surface area contributed by atoms with Crippen LogP contribution in [-0.2, 0) is 26.0 Å². The van der Waals surface area contributed by atoms with Crippen LogP contribution in [0.5, 0.6) is 0 Å². The predicted octanol–water partition coefficient (Wildman–Crippen LogP) is 4.19. The van der Waals surface area contributed by atoms with E-state index in [1.165, 1.54) is 30.3 Å². The summed E-state index contributed by atoms with van der Waals surface area (Å²) in [7, 11) is -5.08. The lowest BCUT2D eigenvalue weighted by atomic mass is 9.82. The molecule has 170 valence electrons. The van der Waals surface area contributed by atoms with Crippen molar-refractivity contribution in [2.24, 2.45) is 5.92 Å². The highest BCUT2D eigenvalue weighted by molar-refractivity contribution is 8.05. The van der Waals surface area contributed by atoms with Crippen LogP contribution < -0.4 is 5.32 Å². The van der Waals surface area contributed by atoms with Crippen LogP contribution in [0.15, 0.2) is 60.2 Å². The van der Waals surface area contributed by atoms with Gasteiger partial charge in [0.2, 0.25) is 5.91 Å². The van der Waals surface area contributed by atoms with Gasteiger partial charge in [0.05, 0.1) is 5.92 Å². The molecule has 0 aromatic heterocycles.